The largest absolute Gasteiger partial charge is 0.461 e. The Morgan fingerprint density at radius 1 is 1.23 bits per heavy atom. The first kappa shape index (κ1) is 20.0. The molecule has 140 valence electrons. The molecule has 6 nitrogen and oxygen atoms in total. The van der Waals surface area contributed by atoms with Gasteiger partial charge in [0, 0.05) is 17.5 Å². The van der Waals surface area contributed by atoms with Crippen LogP contribution >= 0.6 is 11.6 Å². The summed E-state index contributed by atoms with van der Waals surface area (Å²) in [5.41, 5.74) is 1.72. The zero-order valence-electron chi connectivity index (χ0n) is 15.5. The summed E-state index contributed by atoms with van der Waals surface area (Å²) >= 11 is 6.40. The predicted molar refractivity (Wildman–Crippen MR) is 100 cm³/mol. The highest BCUT2D eigenvalue weighted by Crippen LogP contribution is 2.24. The number of aryl methyl sites for hydroxylation is 1. The van der Waals surface area contributed by atoms with Gasteiger partial charge in [-0.15, -0.1) is 0 Å². The third kappa shape index (κ3) is 5.08. The van der Waals surface area contributed by atoms with Crippen LogP contribution in [0.25, 0.3) is 5.69 Å². The zero-order chi connectivity index (χ0) is 19.3. The summed E-state index contributed by atoms with van der Waals surface area (Å²) in [4.78, 5) is 23.7. The molecule has 2 rings (SSSR count). The third-order valence-electron chi connectivity index (χ3n) is 3.80. The SMILES string of the molecule is Cc1nn(-c2ccccc2)c(Cl)c1COC(=O)CCNC(=O)C(C)(C)C. The lowest BCUT2D eigenvalue weighted by molar-refractivity contribution is -0.144. The van der Waals surface area contributed by atoms with Crippen LogP contribution in [0.15, 0.2) is 30.3 Å². The number of halogens is 1. The molecule has 0 aliphatic carbocycles. The maximum Gasteiger partial charge on any atom is 0.307 e. The smallest absolute Gasteiger partial charge is 0.307 e. The molecular weight excluding hydrogens is 354 g/mol. The molecule has 1 aromatic carbocycles. The molecule has 0 radical (unpaired) electrons. The quantitative estimate of drug-likeness (QED) is 0.783. The van der Waals surface area contributed by atoms with Crippen molar-refractivity contribution in [3.05, 3.63) is 46.7 Å². The minimum Gasteiger partial charge on any atom is -0.461 e. The summed E-state index contributed by atoms with van der Waals surface area (Å²) in [6.07, 6.45) is 0.102. The van der Waals surface area contributed by atoms with E-state index in [2.05, 4.69) is 10.4 Å². The summed E-state index contributed by atoms with van der Waals surface area (Å²) in [6, 6.07) is 9.50. The van der Waals surface area contributed by atoms with Crippen LogP contribution in [0.5, 0.6) is 0 Å². The number of hydrogen-bond acceptors (Lipinski definition) is 4. The van der Waals surface area contributed by atoms with Crippen LogP contribution in [0, 0.1) is 12.3 Å². The number of nitrogens with zero attached hydrogens (tertiary/aromatic N) is 2. The number of rotatable bonds is 6. The molecule has 7 heteroatoms. The van der Waals surface area contributed by atoms with E-state index in [-0.39, 0.29) is 25.5 Å². The van der Waals surface area contributed by atoms with Crippen LogP contribution in [0.3, 0.4) is 0 Å². The maximum atomic E-state index is 11.9. The molecule has 0 spiro atoms. The lowest BCUT2D eigenvalue weighted by Gasteiger charge is -2.17. The summed E-state index contributed by atoms with van der Waals surface area (Å²) in [5.74, 6) is -0.504. The highest BCUT2D eigenvalue weighted by Gasteiger charge is 2.21. The van der Waals surface area contributed by atoms with E-state index in [4.69, 9.17) is 16.3 Å². The number of benzene rings is 1. The standard InChI is InChI=1S/C19H24ClN3O3/c1-13-15(17(20)23(22-13)14-8-6-5-7-9-14)12-26-16(24)10-11-21-18(25)19(2,3)4/h5-9H,10-12H2,1-4H3,(H,21,25). The number of ether oxygens (including phenoxy) is 1. The van der Waals surface area contributed by atoms with Gasteiger partial charge in [-0.2, -0.15) is 5.10 Å². The highest BCUT2D eigenvalue weighted by molar-refractivity contribution is 6.30. The van der Waals surface area contributed by atoms with E-state index in [1.165, 1.54) is 0 Å². The van der Waals surface area contributed by atoms with E-state index in [1.54, 1.807) is 4.68 Å². The van der Waals surface area contributed by atoms with Crippen molar-refractivity contribution in [2.24, 2.45) is 5.41 Å². The summed E-state index contributed by atoms with van der Waals surface area (Å²) in [7, 11) is 0. The van der Waals surface area contributed by atoms with E-state index in [0.29, 0.717) is 16.4 Å². The van der Waals surface area contributed by atoms with Crippen molar-refractivity contribution in [1.82, 2.24) is 15.1 Å². The second-order valence-corrected chi connectivity index (χ2v) is 7.38. The molecule has 2 aromatic rings. The fourth-order valence-corrected chi connectivity index (χ4v) is 2.53. The minimum atomic E-state index is -0.486. The Kier molecular flexibility index (Phi) is 6.42. The van der Waals surface area contributed by atoms with Crippen LogP contribution in [0.4, 0.5) is 0 Å². The summed E-state index contributed by atoms with van der Waals surface area (Å²) in [6.45, 7) is 7.55. The number of carbonyl (C=O) groups excluding carboxylic acids is 2. The fourth-order valence-electron chi connectivity index (χ4n) is 2.20. The van der Waals surface area contributed by atoms with E-state index < -0.39 is 11.4 Å². The van der Waals surface area contributed by atoms with Gasteiger partial charge in [0.15, 0.2) is 0 Å². The Labute approximate surface area is 158 Å². The molecular formula is C19H24ClN3O3. The molecule has 0 bridgehead atoms. The monoisotopic (exact) mass is 377 g/mol. The average molecular weight is 378 g/mol. The first-order valence-corrected chi connectivity index (χ1v) is 8.81. The zero-order valence-corrected chi connectivity index (χ0v) is 16.3. The van der Waals surface area contributed by atoms with Crippen LogP contribution < -0.4 is 5.32 Å². The van der Waals surface area contributed by atoms with Crippen molar-refractivity contribution >= 4 is 23.5 Å². The van der Waals surface area contributed by atoms with Gasteiger partial charge in [-0.1, -0.05) is 50.6 Å². The van der Waals surface area contributed by atoms with Gasteiger partial charge in [0.05, 0.1) is 17.8 Å². The second kappa shape index (κ2) is 8.36. The number of carbonyl (C=O) groups is 2. The molecule has 0 aliphatic rings. The summed E-state index contributed by atoms with van der Waals surface area (Å²) < 4.78 is 6.89. The van der Waals surface area contributed by atoms with Gasteiger partial charge >= 0.3 is 5.97 Å². The lowest BCUT2D eigenvalue weighted by Crippen LogP contribution is -2.36. The van der Waals surface area contributed by atoms with E-state index >= 15 is 0 Å². The maximum absolute atomic E-state index is 11.9. The molecule has 0 aliphatic heterocycles. The Balaban J connectivity index is 1.91. The number of hydrogen-bond donors (Lipinski definition) is 1. The fraction of sp³-hybridized carbons (Fsp3) is 0.421. The van der Waals surface area contributed by atoms with Gasteiger partial charge in [0.1, 0.15) is 11.8 Å². The third-order valence-corrected chi connectivity index (χ3v) is 4.18. The first-order chi connectivity index (χ1) is 12.2. The number of amides is 1. The van der Waals surface area contributed by atoms with Crippen LogP contribution in [0.2, 0.25) is 5.15 Å². The number of esters is 1. The van der Waals surface area contributed by atoms with Crippen molar-refractivity contribution in [3.8, 4) is 5.69 Å². The van der Waals surface area contributed by atoms with Crippen molar-refractivity contribution in [2.75, 3.05) is 6.54 Å². The molecule has 0 unspecified atom stereocenters. The first-order valence-electron chi connectivity index (χ1n) is 8.43. The molecule has 0 atom stereocenters. The van der Waals surface area contributed by atoms with Gasteiger partial charge in [0.2, 0.25) is 5.91 Å². The highest BCUT2D eigenvalue weighted by atomic mass is 35.5. The normalized spacial score (nSPS) is 11.3. The predicted octanol–water partition coefficient (Wildman–Crippen LogP) is 3.43. The Bertz CT molecular complexity index is 779. The average Bonchev–Trinajstić information content (AvgIpc) is 2.87. The Hall–Kier alpha value is -2.34. The van der Waals surface area contributed by atoms with Crippen molar-refractivity contribution in [2.45, 2.75) is 40.7 Å². The minimum absolute atomic E-state index is 0.0452. The molecule has 0 saturated carbocycles. The summed E-state index contributed by atoms with van der Waals surface area (Å²) in [5, 5.41) is 7.54. The molecule has 1 heterocycles. The Morgan fingerprint density at radius 3 is 2.50 bits per heavy atom. The van der Waals surface area contributed by atoms with Gasteiger partial charge in [-0.25, -0.2) is 4.68 Å². The van der Waals surface area contributed by atoms with E-state index in [1.807, 2.05) is 58.0 Å². The van der Waals surface area contributed by atoms with Crippen LogP contribution in [-0.4, -0.2) is 28.2 Å². The van der Waals surface area contributed by atoms with Gasteiger partial charge in [-0.05, 0) is 19.1 Å². The van der Waals surface area contributed by atoms with Gasteiger partial charge in [0.25, 0.3) is 0 Å². The number of nitrogens with one attached hydrogen (secondary N) is 1. The Morgan fingerprint density at radius 2 is 1.88 bits per heavy atom. The van der Waals surface area contributed by atoms with Crippen LogP contribution in [-0.2, 0) is 20.9 Å². The van der Waals surface area contributed by atoms with Crippen molar-refractivity contribution in [3.63, 3.8) is 0 Å². The molecule has 26 heavy (non-hydrogen) atoms. The van der Waals surface area contributed by atoms with Crippen molar-refractivity contribution < 1.29 is 14.3 Å². The van der Waals surface area contributed by atoms with E-state index in [0.717, 1.165) is 5.69 Å². The molecule has 0 fully saturated rings. The molecule has 1 N–H and O–H groups in total. The number of para-hydroxylation sites is 1. The van der Waals surface area contributed by atoms with Gasteiger partial charge in [-0.3, -0.25) is 9.59 Å². The molecule has 0 saturated heterocycles. The van der Waals surface area contributed by atoms with Gasteiger partial charge < -0.3 is 10.1 Å². The van der Waals surface area contributed by atoms with Crippen LogP contribution in [0.1, 0.15) is 38.4 Å². The van der Waals surface area contributed by atoms with Crippen molar-refractivity contribution in [1.29, 1.82) is 0 Å². The number of aromatic nitrogens is 2. The van der Waals surface area contributed by atoms with E-state index in [9.17, 15) is 9.59 Å². The molecule has 1 amide bonds. The topological polar surface area (TPSA) is 73.2 Å². The lowest BCUT2D eigenvalue weighted by atomic mass is 9.96. The second-order valence-electron chi connectivity index (χ2n) is 7.02. The molecule has 1 aromatic heterocycles.